The molecule has 88 valence electrons. The summed E-state index contributed by atoms with van der Waals surface area (Å²) in [5, 5.41) is 8.54. The van der Waals surface area contributed by atoms with Gasteiger partial charge in [-0.05, 0) is 5.56 Å². The molecule has 0 bridgehead atoms. The van der Waals surface area contributed by atoms with Crippen molar-refractivity contribution < 1.29 is 23.1 Å². The van der Waals surface area contributed by atoms with E-state index in [-0.39, 0.29) is 16.5 Å². The number of aromatic nitrogens is 1. The lowest BCUT2D eigenvalue weighted by atomic mass is 10.0. The first-order valence-electron chi connectivity index (χ1n) is 4.19. The predicted molar refractivity (Wildman–Crippen MR) is 53.1 cm³/mol. The quantitative estimate of drug-likeness (QED) is 0.869. The molecule has 16 heavy (non-hydrogen) atoms. The van der Waals surface area contributed by atoms with Crippen LogP contribution in [-0.4, -0.2) is 16.1 Å². The third-order valence-electron chi connectivity index (χ3n) is 1.95. The molecular formula is C9H7BrF3NO2. The number of carbonyl (C=O) groups is 1. The van der Waals surface area contributed by atoms with Gasteiger partial charge < -0.3 is 5.11 Å². The highest BCUT2D eigenvalue weighted by atomic mass is 79.9. The fourth-order valence-corrected chi connectivity index (χ4v) is 1.87. The standard InChI is InChI=1S/C9H7BrF3NO2/c10-2-5-4(1-7(15)16)8(9(12)13)14-3-6(5)11/h3,9H,1-2H2,(H,15,16). The number of aliphatic carboxylic acids is 1. The van der Waals surface area contributed by atoms with Crippen LogP contribution in [0.4, 0.5) is 13.2 Å². The lowest BCUT2D eigenvalue weighted by molar-refractivity contribution is -0.136. The molecule has 0 saturated carbocycles. The molecule has 1 aromatic heterocycles. The van der Waals surface area contributed by atoms with Crippen molar-refractivity contribution >= 4 is 21.9 Å². The average Bonchev–Trinajstić information content (AvgIpc) is 2.16. The normalized spacial score (nSPS) is 10.8. The van der Waals surface area contributed by atoms with Crippen LogP contribution in [0.3, 0.4) is 0 Å². The van der Waals surface area contributed by atoms with E-state index in [9.17, 15) is 18.0 Å². The molecule has 0 aliphatic rings. The van der Waals surface area contributed by atoms with E-state index in [1.807, 2.05) is 0 Å². The van der Waals surface area contributed by atoms with Crippen LogP contribution < -0.4 is 0 Å². The Bertz CT molecular complexity index is 412. The smallest absolute Gasteiger partial charge is 0.307 e. The number of carboxylic acids is 1. The van der Waals surface area contributed by atoms with Crippen LogP contribution in [0.25, 0.3) is 0 Å². The van der Waals surface area contributed by atoms with Gasteiger partial charge in [0.1, 0.15) is 11.5 Å². The van der Waals surface area contributed by atoms with E-state index in [2.05, 4.69) is 20.9 Å². The number of rotatable bonds is 4. The third kappa shape index (κ3) is 2.72. The Hall–Kier alpha value is -1.11. The van der Waals surface area contributed by atoms with Crippen molar-refractivity contribution in [3.05, 3.63) is 28.8 Å². The molecule has 0 spiro atoms. The molecule has 0 amide bonds. The summed E-state index contributed by atoms with van der Waals surface area (Å²) in [5.74, 6) is -2.10. The highest BCUT2D eigenvalue weighted by Gasteiger charge is 2.22. The van der Waals surface area contributed by atoms with Crippen molar-refractivity contribution in [1.82, 2.24) is 4.98 Å². The fourth-order valence-electron chi connectivity index (χ4n) is 1.26. The van der Waals surface area contributed by atoms with E-state index in [1.165, 1.54) is 0 Å². The molecule has 1 aromatic rings. The number of hydrogen-bond acceptors (Lipinski definition) is 2. The lowest BCUT2D eigenvalue weighted by Crippen LogP contribution is -2.10. The van der Waals surface area contributed by atoms with Crippen LogP contribution in [0.1, 0.15) is 23.2 Å². The number of halogens is 4. The first kappa shape index (κ1) is 13.0. The number of carboxylic acid groups (broad SMARTS) is 1. The van der Waals surface area contributed by atoms with Gasteiger partial charge in [0.05, 0.1) is 12.6 Å². The molecular weight excluding hydrogens is 291 g/mol. The van der Waals surface area contributed by atoms with E-state index in [1.54, 1.807) is 0 Å². The van der Waals surface area contributed by atoms with E-state index in [0.29, 0.717) is 6.20 Å². The molecule has 0 aromatic carbocycles. The predicted octanol–water partition coefficient (Wildman–Crippen LogP) is 2.68. The first-order valence-corrected chi connectivity index (χ1v) is 5.31. The second kappa shape index (κ2) is 5.29. The highest BCUT2D eigenvalue weighted by Crippen LogP contribution is 2.26. The fraction of sp³-hybridized carbons (Fsp3) is 0.333. The Morgan fingerprint density at radius 1 is 1.50 bits per heavy atom. The minimum absolute atomic E-state index is 0.0380. The zero-order chi connectivity index (χ0) is 12.3. The van der Waals surface area contributed by atoms with Gasteiger partial charge in [-0.3, -0.25) is 9.78 Å². The van der Waals surface area contributed by atoms with Gasteiger partial charge >= 0.3 is 5.97 Å². The van der Waals surface area contributed by atoms with Gasteiger partial charge in [-0.25, -0.2) is 13.2 Å². The number of pyridine rings is 1. The summed E-state index contributed by atoms with van der Waals surface area (Å²) in [6.45, 7) is 0. The van der Waals surface area contributed by atoms with Crippen molar-refractivity contribution in [3.63, 3.8) is 0 Å². The Morgan fingerprint density at radius 3 is 2.56 bits per heavy atom. The van der Waals surface area contributed by atoms with Gasteiger partial charge in [-0.2, -0.15) is 0 Å². The van der Waals surface area contributed by atoms with Crippen molar-refractivity contribution in [3.8, 4) is 0 Å². The second-order valence-corrected chi connectivity index (χ2v) is 3.51. The maximum absolute atomic E-state index is 13.2. The van der Waals surface area contributed by atoms with E-state index in [0.717, 1.165) is 0 Å². The van der Waals surface area contributed by atoms with Crippen molar-refractivity contribution in [1.29, 1.82) is 0 Å². The van der Waals surface area contributed by atoms with Gasteiger partial charge in [0.2, 0.25) is 0 Å². The summed E-state index contributed by atoms with van der Waals surface area (Å²) < 4.78 is 38.3. The van der Waals surface area contributed by atoms with Crippen molar-refractivity contribution in [2.45, 2.75) is 18.2 Å². The van der Waals surface area contributed by atoms with Crippen LogP contribution in [-0.2, 0) is 16.5 Å². The topological polar surface area (TPSA) is 50.2 Å². The molecule has 0 unspecified atom stereocenters. The highest BCUT2D eigenvalue weighted by molar-refractivity contribution is 9.08. The first-order chi connectivity index (χ1) is 7.47. The average molecular weight is 298 g/mol. The molecule has 0 aliphatic heterocycles. The SMILES string of the molecule is O=C(O)Cc1c(C(F)F)ncc(F)c1CBr. The second-order valence-electron chi connectivity index (χ2n) is 2.95. The van der Waals surface area contributed by atoms with Gasteiger partial charge in [-0.15, -0.1) is 0 Å². The van der Waals surface area contributed by atoms with Crippen LogP contribution in [0, 0.1) is 5.82 Å². The van der Waals surface area contributed by atoms with Gasteiger partial charge in [0.15, 0.2) is 0 Å². The monoisotopic (exact) mass is 297 g/mol. The van der Waals surface area contributed by atoms with Gasteiger partial charge in [-0.1, -0.05) is 15.9 Å². The molecule has 1 rings (SSSR count). The van der Waals surface area contributed by atoms with Gasteiger partial charge in [0, 0.05) is 10.9 Å². The molecule has 1 N–H and O–H groups in total. The molecule has 7 heteroatoms. The molecule has 0 atom stereocenters. The zero-order valence-electron chi connectivity index (χ0n) is 7.88. The molecule has 1 heterocycles. The Kier molecular flexibility index (Phi) is 4.28. The molecule has 3 nitrogen and oxygen atoms in total. The minimum atomic E-state index is -2.92. The summed E-state index contributed by atoms with van der Waals surface area (Å²) >= 11 is 2.93. The van der Waals surface area contributed by atoms with Crippen molar-refractivity contribution in [2.75, 3.05) is 0 Å². The maximum Gasteiger partial charge on any atom is 0.307 e. The Balaban J connectivity index is 3.34. The summed E-state index contributed by atoms with van der Waals surface area (Å²) in [5.41, 5.74) is -1.04. The maximum atomic E-state index is 13.2. The van der Waals surface area contributed by atoms with Gasteiger partial charge in [0.25, 0.3) is 6.43 Å². The van der Waals surface area contributed by atoms with E-state index in [4.69, 9.17) is 5.11 Å². The van der Waals surface area contributed by atoms with Crippen LogP contribution in [0.15, 0.2) is 6.20 Å². The van der Waals surface area contributed by atoms with Crippen LogP contribution in [0.5, 0.6) is 0 Å². The molecule has 0 radical (unpaired) electrons. The summed E-state index contributed by atoms with van der Waals surface area (Å²) in [4.78, 5) is 13.7. The Morgan fingerprint density at radius 2 is 2.12 bits per heavy atom. The number of alkyl halides is 3. The largest absolute Gasteiger partial charge is 0.481 e. The van der Waals surface area contributed by atoms with Crippen LogP contribution >= 0.6 is 15.9 Å². The lowest BCUT2D eigenvalue weighted by Gasteiger charge is -2.11. The summed E-state index contributed by atoms with van der Waals surface area (Å²) in [6, 6.07) is 0. The van der Waals surface area contributed by atoms with E-state index >= 15 is 0 Å². The van der Waals surface area contributed by atoms with Crippen LogP contribution in [0.2, 0.25) is 0 Å². The van der Waals surface area contributed by atoms with Crippen molar-refractivity contribution in [2.24, 2.45) is 0 Å². The molecule has 0 fully saturated rings. The zero-order valence-corrected chi connectivity index (χ0v) is 9.47. The molecule has 0 aliphatic carbocycles. The summed E-state index contributed by atoms with van der Waals surface area (Å²) in [7, 11) is 0. The Labute approximate surface area is 97.4 Å². The third-order valence-corrected chi connectivity index (χ3v) is 2.51. The van der Waals surface area contributed by atoms with E-state index < -0.39 is 30.3 Å². The molecule has 0 saturated heterocycles. The summed E-state index contributed by atoms with van der Waals surface area (Å²) in [6.07, 6.45) is -2.93. The minimum Gasteiger partial charge on any atom is -0.481 e. The number of nitrogens with zero attached hydrogens (tertiary/aromatic N) is 1. The number of hydrogen-bond donors (Lipinski definition) is 1.